The van der Waals surface area contributed by atoms with Crippen molar-refractivity contribution in [3.63, 3.8) is 0 Å². The summed E-state index contributed by atoms with van der Waals surface area (Å²) in [5.74, 6) is -0.466. The summed E-state index contributed by atoms with van der Waals surface area (Å²) in [6, 6.07) is 5.55. The molecule has 0 radical (unpaired) electrons. The number of carbonyl (C=O) groups is 1. The number of ether oxygens (including phenoxy) is 1. The van der Waals surface area contributed by atoms with Gasteiger partial charge in [0, 0.05) is 13.5 Å². The smallest absolute Gasteiger partial charge is 0.373 e. The molecule has 0 saturated carbocycles. The summed E-state index contributed by atoms with van der Waals surface area (Å²) in [6.07, 6.45) is 0.765. The van der Waals surface area contributed by atoms with Crippen LogP contribution in [0.2, 0.25) is 0 Å². The molecular formula is C14H20O4. The van der Waals surface area contributed by atoms with Crippen LogP contribution in [0.5, 0.6) is 0 Å². The van der Waals surface area contributed by atoms with Gasteiger partial charge in [0.25, 0.3) is 0 Å². The molecular weight excluding hydrogens is 232 g/mol. The summed E-state index contributed by atoms with van der Waals surface area (Å²) in [4.78, 5) is 21.3. The Bertz CT molecular complexity index is 381. The molecule has 0 aliphatic heterocycles. The van der Waals surface area contributed by atoms with Crippen molar-refractivity contribution in [3.05, 3.63) is 34.9 Å². The third kappa shape index (κ3) is 4.85. The molecule has 1 atom stereocenters. The zero-order valence-electron chi connectivity index (χ0n) is 11.4. The molecule has 100 valence electrons. The Balaban J connectivity index is 2.41. The summed E-state index contributed by atoms with van der Waals surface area (Å²) in [7, 11) is 1.63. The minimum absolute atomic E-state index is 0.0879. The molecule has 1 unspecified atom stereocenters. The van der Waals surface area contributed by atoms with Crippen LogP contribution in [0.1, 0.15) is 34.8 Å². The van der Waals surface area contributed by atoms with Gasteiger partial charge in [0.1, 0.15) is 0 Å². The van der Waals surface area contributed by atoms with Gasteiger partial charge >= 0.3 is 5.97 Å². The molecule has 0 aromatic heterocycles. The monoisotopic (exact) mass is 252 g/mol. The molecule has 1 aromatic rings. The summed E-state index contributed by atoms with van der Waals surface area (Å²) in [5, 5.41) is 0. The summed E-state index contributed by atoms with van der Waals surface area (Å²) >= 11 is 0. The third-order valence-corrected chi connectivity index (χ3v) is 2.60. The van der Waals surface area contributed by atoms with Crippen molar-refractivity contribution in [2.45, 2.75) is 33.3 Å². The molecule has 0 N–H and O–H groups in total. The van der Waals surface area contributed by atoms with E-state index in [4.69, 9.17) is 14.5 Å². The average molecular weight is 252 g/mol. The Kier molecular flexibility index (Phi) is 5.82. The van der Waals surface area contributed by atoms with Crippen molar-refractivity contribution in [1.29, 1.82) is 0 Å². The highest BCUT2D eigenvalue weighted by molar-refractivity contribution is 5.89. The van der Waals surface area contributed by atoms with Gasteiger partial charge < -0.3 is 4.74 Å². The highest BCUT2D eigenvalue weighted by Gasteiger charge is 2.09. The zero-order chi connectivity index (χ0) is 13.5. The normalized spacial score (nSPS) is 12.2. The van der Waals surface area contributed by atoms with E-state index in [9.17, 15) is 4.79 Å². The van der Waals surface area contributed by atoms with Crippen LogP contribution in [-0.4, -0.2) is 25.8 Å². The molecule has 18 heavy (non-hydrogen) atoms. The predicted octanol–water partition coefficient (Wildman–Crippen LogP) is 2.82. The fraction of sp³-hybridized carbons (Fsp3) is 0.500. The second kappa shape index (κ2) is 7.13. The molecule has 0 aliphatic carbocycles. The minimum Gasteiger partial charge on any atom is -0.382 e. The Morgan fingerprint density at radius 2 is 1.83 bits per heavy atom. The zero-order valence-corrected chi connectivity index (χ0v) is 11.4. The molecule has 1 aromatic carbocycles. The number of aryl methyl sites for hydroxylation is 2. The lowest BCUT2D eigenvalue weighted by atomic mass is 10.1. The van der Waals surface area contributed by atoms with Crippen LogP contribution in [0.3, 0.4) is 0 Å². The fourth-order valence-corrected chi connectivity index (χ4v) is 1.57. The molecule has 0 saturated heterocycles. The largest absolute Gasteiger partial charge is 0.382 e. The standard InChI is InChI=1S/C14H20O4/c1-10-7-11(2)9-13(8-10)14(15)18-17-6-5-12(3)16-4/h7-9,12H,5-6H2,1-4H3. The predicted molar refractivity (Wildman–Crippen MR) is 68.4 cm³/mol. The molecule has 4 heteroatoms. The number of hydrogen-bond acceptors (Lipinski definition) is 4. The number of hydrogen-bond donors (Lipinski definition) is 0. The van der Waals surface area contributed by atoms with E-state index in [0.717, 1.165) is 11.1 Å². The maximum Gasteiger partial charge on any atom is 0.373 e. The van der Waals surface area contributed by atoms with E-state index in [-0.39, 0.29) is 6.10 Å². The maximum atomic E-state index is 11.7. The summed E-state index contributed by atoms with van der Waals surface area (Å²) in [5.41, 5.74) is 2.55. The van der Waals surface area contributed by atoms with Gasteiger partial charge in [0.2, 0.25) is 0 Å². The van der Waals surface area contributed by atoms with Crippen LogP contribution >= 0.6 is 0 Å². The third-order valence-electron chi connectivity index (χ3n) is 2.60. The number of methoxy groups -OCH3 is 1. The van der Waals surface area contributed by atoms with E-state index in [1.165, 1.54) is 0 Å². The van der Waals surface area contributed by atoms with Crippen molar-refractivity contribution >= 4 is 5.97 Å². The fourth-order valence-electron chi connectivity index (χ4n) is 1.57. The van der Waals surface area contributed by atoms with E-state index in [0.29, 0.717) is 18.6 Å². The first-order valence-corrected chi connectivity index (χ1v) is 5.98. The molecule has 0 heterocycles. The molecule has 0 aliphatic rings. The number of rotatable bonds is 6. The summed E-state index contributed by atoms with van der Waals surface area (Å²) < 4.78 is 5.05. The van der Waals surface area contributed by atoms with E-state index in [1.807, 2.05) is 26.8 Å². The van der Waals surface area contributed by atoms with Gasteiger partial charge in [-0.2, -0.15) is 4.89 Å². The Hall–Kier alpha value is -1.39. The Morgan fingerprint density at radius 3 is 2.39 bits per heavy atom. The van der Waals surface area contributed by atoms with Gasteiger partial charge in [-0.15, -0.1) is 0 Å². The van der Waals surface area contributed by atoms with Crippen molar-refractivity contribution in [3.8, 4) is 0 Å². The van der Waals surface area contributed by atoms with Gasteiger partial charge in [0.15, 0.2) is 0 Å². The van der Waals surface area contributed by atoms with Crippen molar-refractivity contribution < 1.29 is 19.3 Å². The molecule has 1 rings (SSSR count). The molecule has 0 amide bonds. The quantitative estimate of drug-likeness (QED) is 0.443. The van der Waals surface area contributed by atoms with E-state index < -0.39 is 5.97 Å². The van der Waals surface area contributed by atoms with Crippen LogP contribution in [-0.2, 0) is 14.5 Å². The maximum absolute atomic E-state index is 11.7. The number of carbonyl (C=O) groups excluding carboxylic acids is 1. The van der Waals surface area contributed by atoms with Gasteiger partial charge in [-0.1, -0.05) is 17.2 Å². The van der Waals surface area contributed by atoms with Gasteiger partial charge in [-0.05, 0) is 32.9 Å². The SMILES string of the molecule is COC(C)CCOOC(=O)c1cc(C)cc(C)c1. The van der Waals surface area contributed by atoms with Crippen molar-refractivity contribution in [2.24, 2.45) is 0 Å². The second-order valence-corrected chi connectivity index (χ2v) is 4.40. The second-order valence-electron chi connectivity index (χ2n) is 4.40. The van der Waals surface area contributed by atoms with Crippen molar-refractivity contribution in [2.75, 3.05) is 13.7 Å². The Labute approximate surface area is 108 Å². The molecule has 0 spiro atoms. The summed E-state index contributed by atoms with van der Waals surface area (Å²) in [6.45, 7) is 6.12. The van der Waals surface area contributed by atoms with Crippen LogP contribution in [0.4, 0.5) is 0 Å². The van der Waals surface area contributed by atoms with Crippen LogP contribution < -0.4 is 0 Å². The van der Waals surface area contributed by atoms with Crippen molar-refractivity contribution in [1.82, 2.24) is 0 Å². The molecule has 0 bridgehead atoms. The average Bonchev–Trinajstić information content (AvgIpc) is 2.32. The first kappa shape index (κ1) is 14.7. The molecule has 0 fully saturated rings. The molecule has 4 nitrogen and oxygen atoms in total. The lowest BCUT2D eigenvalue weighted by molar-refractivity contribution is -0.244. The van der Waals surface area contributed by atoms with Gasteiger partial charge in [0.05, 0.1) is 18.3 Å². The van der Waals surface area contributed by atoms with Crippen LogP contribution in [0.15, 0.2) is 18.2 Å². The van der Waals surface area contributed by atoms with Crippen LogP contribution in [0, 0.1) is 13.8 Å². The highest BCUT2D eigenvalue weighted by atomic mass is 17.2. The van der Waals surface area contributed by atoms with E-state index in [2.05, 4.69) is 0 Å². The lowest BCUT2D eigenvalue weighted by Gasteiger charge is -2.09. The Morgan fingerprint density at radius 1 is 1.22 bits per heavy atom. The topological polar surface area (TPSA) is 44.8 Å². The first-order valence-electron chi connectivity index (χ1n) is 5.98. The van der Waals surface area contributed by atoms with E-state index in [1.54, 1.807) is 19.2 Å². The van der Waals surface area contributed by atoms with Gasteiger partial charge in [-0.3, -0.25) is 4.89 Å². The lowest BCUT2D eigenvalue weighted by Crippen LogP contribution is -2.12. The number of benzene rings is 1. The highest BCUT2D eigenvalue weighted by Crippen LogP contribution is 2.10. The van der Waals surface area contributed by atoms with Crippen LogP contribution in [0.25, 0.3) is 0 Å². The first-order chi connectivity index (χ1) is 8.52. The minimum atomic E-state index is -0.466. The van der Waals surface area contributed by atoms with Gasteiger partial charge in [-0.25, -0.2) is 4.79 Å². The van der Waals surface area contributed by atoms with E-state index >= 15 is 0 Å².